The molecule has 0 fully saturated rings. The van der Waals surface area contributed by atoms with Crippen LogP contribution in [0.4, 0.5) is 0 Å². The van der Waals surface area contributed by atoms with Gasteiger partial charge in [-0.1, -0.05) is 0 Å². The lowest BCUT2D eigenvalue weighted by Crippen LogP contribution is -2.28. The Bertz CT molecular complexity index is 460. The molecule has 1 aliphatic heterocycles. The topological polar surface area (TPSA) is 59.6 Å². The molecule has 1 aromatic rings. The first-order valence-electron chi connectivity index (χ1n) is 6.51. The second-order valence-electron chi connectivity index (χ2n) is 4.59. The number of fused-ring (bicyclic) bond motifs is 1. The molecule has 104 valence electrons. The number of amides is 1. The van der Waals surface area contributed by atoms with E-state index < -0.39 is 0 Å². The summed E-state index contributed by atoms with van der Waals surface area (Å²) in [6.07, 6.45) is 1.31. The molecule has 0 spiro atoms. The number of ether oxygens (including phenoxy) is 2. The van der Waals surface area contributed by atoms with E-state index in [0.29, 0.717) is 26.3 Å². The monoisotopic (exact) mass is 264 g/mol. The van der Waals surface area contributed by atoms with E-state index in [1.165, 1.54) is 5.56 Å². The van der Waals surface area contributed by atoms with Gasteiger partial charge in [0.15, 0.2) is 11.5 Å². The second kappa shape index (κ2) is 6.43. The van der Waals surface area contributed by atoms with Crippen LogP contribution in [0.1, 0.15) is 17.5 Å². The first-order valence-corrected chi connectivity index (χ1v) is 6.51. The minimum absolute atomic E-state index is 0.0766. The Balaban J connectivity index is 1.85. The Hall–Kier alpha value is -1.75. The van der Waals surface area contributed by atoms with Crippen LogP contribution < -0.4 is 20.1 Å². The average molecular weight is 264 g/mol. The van der Waals surface area contributed by atoms with E-state index in [9.17, 15) is 4.79 Å². The van der Waals surface area contributed by atoms with Crippen LogP contribution in [0, 0.1) is 6.92 Å². The van der Waals surface area contributed by atoms with Gasteiger partial charge in [0.25, 0.3) is 0 Å². The second-order valence-corrected chi connectivity index (χ2v) is 4.59. The maximum Gasteiger partial charge on any atom is 0.231 e. The molecule has 0 aliphatic carbocycles. The van der Waals surface area contributed by atoms with Crippen LogP contribution >= 0.6 is 0 Å². The molecule has 5 heteroatoms. The van der Waals surface area contributed by atoms with Crippen molar-refractivity contribution in [2.24, 2.45) is 0 Å². The third kappa shape index (κ3) is 3.61. The molecule has 0 saturated carbocycles. The van der Waals surface area contributed by atoms with Gasteiger partial charge in [0.05, 0.1) is 0 Å². The molecule has 0 saturated heterocycles. The van der Waals surface area contributed by atoms with Gasteiger partial charge in [-0.2, -0.15) is 0 Å². The molecule has 2 N–H and O–H groups in total. The zero-order chi connectivity index (χ0) is 13.7. The fourth-order valence-corrected chi connectivity index (χ4v) is 2.02. The van der Waals surface area contributed by atoms with Crippen LogP contribution in [-0.4, -0.2) is 32.8 Å². The molecule has 1 heterocycles. The minimum Gasteiger partial charge on any atom is -0.454 e. The fraction of sp³-hybridized carbons (Fsp3) is 0.500. The van der Waals surface area contributed by atoms with E-state index in [1.54, 1.807) is 0 Å². The quantitative estimate of drug-likeness (QED) is 0.804. The van der Waals surface area contributed by atoms with Gasteiger partial charge >= 0.3 is 0 Å². The Labute approximate surface area is 113 Å². The van der Waals surface area contributed by atoms with E-state index in [1.807, 2.05) is 26.1 Å². The Morgan fingerprint density at radius 3 is 2.74 bits per heavy atom. The molecule has 1 aromatic carbocycles. The van der Waals surface area contributed by atoms with Gasteiger partial charge in [0, 0.05) is 19.5 Å². The van der Waals surface area contributed by atoms with Crippen LogP contribution in [0.15, 0.2) is 12.1 Å². The molecule has 0 bridgehead atoms. The highest BCUT2D eigenvalue weighted by molar-refractivity contribution is 5.76. The van der Waals surface area contributed by atoms with Gasteiger partial charge in [-0.3, -0.25) is 4.79 Å². The van der Waals surface area contributed by atoms with E-state index in [2.05, 4.69) is 10.6 Å². The summed E-state index contributed by atoms with van der Waals surface area (Å²) in [6.45, 7) is 3.68. The van der Waals surface area contributed by atoms with Crippen molar-refractivity contribution in [3.8, 4) is 11.5 Å². The predicted octanol–water partition coefficient (Wildman–Crippen LogP) is 0.992. The molecule has 5 nitrogen and oxygen atoms in total. The molecule has 0 unspecified atom stereocenters. The van der Waals surface area contributed by atoms with Crippen molar-refractivity contribution in [1.82, 2.24) is 10.6 Å². The zero-order valence-corrected chi connectivity index (χ0v) is 11.4. The largest absolute Gasteiger partial charge is 0.454 e. The maximum atomic E-state index is 11.5. The van der Waals surface area contributed by atoms with E-state index in [-0.39, 0.29) is 5.91 Å². The van der Waals surface area contributed by atoms with Crippen LogP contribution in [0.5, 0.6) is 11.5 Å². The van der Waals surface area contributed by atoms with Gasteiger partial charge in [0.1, 0.15) is 0 Å². The highest BCUT2D eigenvalue weighted by atomic mass is 16.7. The molecule has 1 aliphatic rings. The normalized spacial score (nSPS) is 12.5. The van der Waals surface area contributed by atoms with Gasteiger partial charge < -0.3 is 20.1 Å². The van der Waals surface area contributed by atoms with Crippen LogP contribution in [0.25, 0.3) is 0 Å². The summed E-state index contributed by atoms with van der Waals surface area (Å²) in [7, 11) is 1.84. The molecule has 2 rings (SSSR count). The van der Waals surface area contributed by atoms with Crippen molar-refractivity contribution in [1.29, 1.82) is 0 Å². The van der Waals surface area contributed by atoms with E-state index >= 15 is 0 Å². The van der Waals surface area contributed by atoms with E-state index in [4.69, 9.17) is 9.47 Å². The van der Waals surface area contributed by atoms with E-state index in [0.717, 1.165) is 23.5 Å². The first-order chi connectivity index (χ1) is 9.20. The molecule has 0 radical (unpaired) electrons. The Kier molecular flexibility index (Phi) is 4.63. The zero-order valence-electron chi connectivity index (χ0n) is 11.4. The number of hydrogen-bond donors (Lipinski definition) is 2. The van der Waals surface area contributed by atoms with Crippen molar-refractivity contribution in [2.75, 3.05) is 26.9 Å². The lowest BCUT2D eigenvalue weighted by atomic mass is 10.0. The Morgan fingerprint density at radius 2 is 2.00 bits per heavy atom. The summed E-state index contributed by atoms with van der Waals surface area (Å²) >= 11 is 0. The summed E-state index contributed by atoms with van der Waals surface area (Å²) in [5, 5.41) is 5.86. The van der Waals surface area contributed by atoms with Crippen molar-refractivity contribution in [2.45, 2.75) is 19.8 Å². The van der Waals surface area contributed by atoms with Gasteiger partial charge in [-0.15, -0.1) is 0 Å². The molecule has 0 atom stereocenters. The Morgan fingerprint density at radius 1 is 1.26 bits per heavy atom. The van der Waals surface area contributed by atoms with Gasteiger partial charge in [-0.25, -0.2) is 0 Å². The standard InChI is InChI=1S/C14H20N2O3/c1-10-7-12-13(19-9-18-12)8-11(10)3-6-16-14(17)4-5-15-2/h7-8,15H,3-6,9H2,1-2H3,(H,16,17). The summed E-state index contributed by atoms with van der Waals surface area (Å²) in [5.74, 6) is 1.68. The number of carbonyl (C=O) groups excluding carboxylic acids is 1. The maximum absolute atomic E-state index is 11.5. The highest BCUT2D eigenvalue weighted by Crippen LogP contribution is 2.34. The van der Waals surface area contributed by atoms with Crippen molar-refractivity contribution in [3.63, 3.8) is 0 Å². The number of carbonyl (C=O) groups is 1. The molecule has 19 heavy (non-hydrogen) atoms. The SMILES string of the molecule is CNCCC(=O)NCCc1cc2c(cc1C)OCO2. The number of rotatable bonds is 6. The lowest BCUT2D eigenvalue weighted by molar-refractivity contribution is -0.120. The summed E-state index contributed by atoms with van der Waals surface area (Å²) in [4.78, 5) is 11.5. The van der Waals surface area contributed by atoms with Crippen molar-refractivity contribution >= 4 is 5.91 Å². The molecular formula is C14H20N2O3. The van der Waals surface area contributed by atoms with Crippen LogP contribution in [0.2, 0.25) is 0 Å². The number of nitrogens with one attached hydrogen (secondary N) is 2. The van der Waals surface area contributed by atoms with Crippen molar-refractivity contribution in [3.05, 3.63) is 23.3 Å². The summed E-state index contributed by atoms with van der Waals surface area (Å²) in [6, 6.07) is 3.98. The molecule has 1 amide bonds. The van der Waals surface area contributed by atoms with Gasteiger partial charge in [-0.05, 0) is 43.7 Å². The summed E-state index contributed by atoms with van der Waals surface area (Å²) < 4.78 is 10.7. The predicted molar refractivity (Wildman–Crippen MR) is 72.6 cm³/mol. The third-order valence-electron chi connectivity index (χ3n) is 3.15. The fourth-order valence-electron chi connectivity index (χ4n) is 2.02. The molecule has 0 aromatic heterocycles. The van der Waals surface area contributed by atoms with Crippen LogP contribution in [0.3, 0.4) is 0 Å². The van der Waals surface area contributed by atoms with Crippen LogP contribution in [-0.2, 0) is 11.2 Å². The third-order valence-corrected chi connectivity index (χ3v) is 3.15. The first kappa shape index (κ1) is 13.7. The minimum atomic E-state index is 0.0766. The lowest BCUT2D eigenvalue weighted by Gasteiger charge is -2.09. The summed E-state index contributed by atoms with van der Waals surface area (Å²) in [5.41, 5.74) is 2.34. The average Bonchev–Trinajstić information content (AvgIpc) is 2.83. The number of hydrogen-bond acceptors (Lipinski definition) is 4. The number of benzene rings is 1. The smallest absolute Gasteiger partial charge is 0.231 e. The molecular weight excluding hydrogens is 244 g/mol. The highest BCUT2D eigenvalue weighted by Gasteiger charge is 2.15. The van der Waals surface area contributed by atoms with Gasteiger partial charge in [0.2, 0.25) is 12.7 Å². The van der Waals surface area contributed by atoms with Crippen molar-refractivity contribution < 1.29 is 14.3 Å². The number of aryl methyl sites for hydroxylation is 1.